The quantitative estimate of drug-likeness (QED) is 0.600. The molecular weight excluding hydrogens is 466 g/mol. The lowest BCUT2D eigenvalue weighted by Gasteiger charge is -2.26. The Hall–Kier alpha value is -2.62. The maximum Gasteiger partial charge on any atom is 0.279 e. The molecule has 1 saturated heterocycles. The monoisotopic (exact) mass is 493 g/mol. The number of rotatable bonds is 6. The molecule has 0 aromatic heterocycles. The van der Waals surface area contributed by atoms with Gasteiger partial charge in [0.2, 0.25) is 10.0 Å². The maximum absolute atomic E-state index is 12.9. The van der Waals surface area contributed by atoms with Gasteiger partial charge in [-0.05, 0) is 69.0 Å². The molecule has 2 aromatic carbocycles. The minimum atomic E-state index is -3.73. The minimum Gasteiger partial charge on any atom is -0.481 e. The van der Waals surface area contributed by atoms with Crippen molar-refractivity contribution in [1.82, 2.24) is 15.2 Å². The number of carbonyl (C=O) groups excluding carboxylic acids is 2. The van der Waals surface area contributed by atoms with E-state index in [1.54, 1.807) is 13.0 Å². The lowest BCUT2D eigenvalue weighted by molar-refractivity contribution is -0.128. The van der Waals surface area contributed by atoms with E-state index in [0.29, 0.717) is 18.8 Å². The van der Waals surface area contributed by atoms with E-state index in [1.807, 2.05) is 26.0 Å². The number of aryl methyl sites for hydroxylation is 1. The molecule has 3 rings (SSSR count). The van der Waals surface area contributed by atoms with Crippen molar-refractivity contribution in [3.05, 3.63) is 58.1 Å². The topological polar surface area (TPSA) is 105 Å². The number of hydrogen-bond donors (Lipinski definition) is 2. The predicted molar refractivity (Wildman–Crippen MR) is 126 cm³/mol. The van der Waals surface area contributed by atoms with E-state index in [9.17, 15) is 18.0 Å². The van der Waals surface area contributed by atoms with Gasteiger partial charge in [0.25, 0.3) is 11.8 Å². The van der Waals surface area contributed by atoms with Gasteiger partial charge in [0.1, 0.15) is 5.75 Å². The molecule has 1 aliphatic heterocycles. The predicted octanol–water partition coefficient (Wildman–Crippen LogP) is 3.36. The number of amides is 2. The van der Waals surface area contributed by atoms with Crippen LogP contribution in [0.3, 0.4) is 0 Å². The average molecular weight is 494 g/mol. The van der Waals surface area contributed by atoms with E-state index in [0.717, 1.165) is 30.4 Å². The van der Waals surface area contributed by atoms with Crippen molar-refractivity contribution >= 4 is 33.4 Å². The van der Waals surface area contributed by atoms with Gasteiger partial charge in [-0.3, -0.25) is 20.4 Å². The highest BCUT2D eigenvalue weighted by atomic mass is 35.5. The molecule has 1 atom stereocenters. The number of nitrogens with zero attached hydrogens (tertiary/aromatic N) is 1. The molecule has 0 saturated carbocycles. The molecule has 178 valence electrons. The first-order valence-corrected chi connectivity index (χ1v) is 12.6. The van der Waals surface area contributed by atoms with Gasteiger partial charge < -0.3 is 4.74 Å². The van der Waals surface area contributed by atoms with Crippen molar-refractivity contribution in [2.45, 2.75) is 51.0 Å². The summed E-state index contributed by atoms with van der Waals surface area (Å²) >= 11 is 6.14. The van der Waals surface area contributed by atoms with E-state index in [1.165, 1.54) is 22.5 Å². The number of piperidine rings is 1. The molecule has 2 N–H and O–H groups in total. The number of ether oxygens (including phenoxy) is 1. The van der Waals surface area contributed by atoms with Crippen LogP contribution in [0.5, 0.6) is 5.75 Å². The normalized spacial score (nSPS) is 15.5. The standard InChI is InChI=1S/C23H28ClN3O5S/c1-15-8-7-9-21(16(15)2)32-17(3)22(28)25-26-23(29)19-14-18(10-11-20(19)24)33(30,31)27-12-5-4-6-13-27/h7-11,14,17H,4-6,12-13H2,1-3H3,(H,25,28)(H,26,29). The Morgan fingerprint density at radius 3 is 2.45 bits per heavy atom. The van der Waals surface area contributed by atoms with Gasteiger partial charge in [0.05, 0.1) is 15.5 Å². The van der Waals surface area contributed by atoms with Crippen LogP contribution in [0.4, 0.5) is 0 Å². The van der Waals surface area contributed by atoms with Gasteiger partial charge in [0.15, 0.2) is 6.10 Å². The van der Waals surface area contributed by atoms with Crippen molar-refractivity contribution in [2.75, 3.05) is 13.1 Å². The number of carbonyl (C=O) groups is 2. The van der Waals surface area contributed by atoms with E-state index in [-0.39, 0.29) is 15.5 Å². The fourth-order valence-corrected chi connectivity index (χ4v) is 5.22. The third-order valence-corrected chi connectivity index (χ3v) is 7.89. The van der Waals surface area contributed by atoms with Crippen LogP contribution in [0.15, 0.2) is 41.3 Å². The molecule has 33 heavy (non-hydrogen) atoms. The molecule has 0 aliphatic carbocycles. The van der Waals surface area contributed by atoms with Gasteiger partial charge in [-0.15, -0.1) is 0 Å². The lowest BCUT2D eigenvalue weighted by Crippen LogP contribution is -2.47. The first-order chi connectivity index (χ1) is 15.6. The molecule has 8 nitrogen and oxygen atoms in total. The summed E-state index contributed by atoms with van der Waals surface area (Å²) < 4.78 is 33.0. The Morgan fingerprint density at radius 1 is 1.06 bits per heavy atom. The molecule has 0 spiro atoms. The minimum absolute atomic E-state index is 0.0168. The number of sulfonamides is 1. The van der Waals surface area contributed by atoms with Gasteiger partial charge in [-0.25, -0.2) is 8.42 Å². The summed E-state index contributed by atoms with van der Waals surface area (Å²) in [5.41, 5.74) is 6.47. The molecule has 10 heteroatoms. The van der Waals surface area contributed by atoms with Crippen LogP contribution < -0.4 is 15.6 Å². The van der Waals surface area contributed by atoms with Gasteiger partial charge in [-0.1, -0.05) is 30.2 Å². The molecule has 1 aliphatic rings. The largest absolute Gasteiger partial charge is 0.481 e. The van der Waals surface area contributed by atoms with Crippen molar-refractivity contribution in [3.63, 3.8) is 0 Å². The SMILES string of the molecule is Cc1cccc(OC(C)C(=O)NNC(=O)c2cc(S(=O)(=O)N3CCCCC3)ccc2Cl)c1C. The molecule has 1 unspecified atom stereocenters. The maximum atomic E-state index is 12.9. The van der Waals surface area contributed by atoms with Crippen molar-refractivity contribution < 1.29 is 22.7 Å². The molecule has 1 heterocycles. The lowest BCUT2D eigenvalue weighted by atomic mass is 10.1. The zero-order valence-corrected chi connectivity index (χ0v) is 20.4. The summed E-state index contributed by atoms with van der Waals surface area (Å²) in [5.74, 6) is -0.733. The summed E-state index contributed by atoms with van der Waals surface area (Å²) in [6, 6.07) is 9.50. The number of hydrazine groups is 1. The first-order valence-electron chi connectivity index (χ1n) is 10.7. The smallest absolute Gasteiger partial charge is 0.279 e. The van der Waals surface area contributed by atoms with Gasteiger partial charge in [-0.2, -0.15) is 4.31 Å². The second-order valence-electron chi connectivity index (χ2n) is 8.01. The average Bonchev–Trinajstić information content (AvgIpc) is 2.80. The number of halogens is 1. The Kier molecular flexibility index (Phi) is 7.99. The van der Waals surface area contributed by atoms with Crippen LogP contribution in [0.1, 0.15) is 47.7 Å². The summed E-state index contributed by atoms with van der Waals surface area (Å²) in [4.78, 5) is 25.0. The zero-order valence-electron chi connectivity index (χ0n) is 18.9. The van der Waals surface area contributed by atoms with Crippen LogP contribution in [0, 0.1) is 13.8 Å². The van der Waals surface area contributed by atoms with E-state index in [4.69, 9.17) is 16.3 Å². The Bertz CT molecular complexity index is 1150. The Labute approximate surface area is 199 Å². The number of nitrogens with one attached hydrogen (secondary N) is 2. The fourth-order valence-electron chi connectivity index (χ4n) is 3.48. The van der Waals surface area contributed by atoms with E-state index in [2.05, 4.69) is 10.9 Å². The van der Waals surface area contributed by atoms with E-state index >= 15 is 0 Å². The number of benzene rings is 2. The molecule has 2 amide bonds. The molecule has 0 radical (unpaired) electrons. The highest BCUT2D eigenvalue weighted by Crippen LogP contribution is 2.25. The Morgan fingerprint density at radius 2 is 1.76 bits per heavy atom. The third-order valence-electron chi connectivity index (χ3n) is 5.66. The van der Waals surface area contributed by atoms with E-state index < -0.39 is 27.9 Å². The van der Waals surface area contributed by atoms with Crippen molar-refractivity contribution in [1.29, 1.82) is 0 Å². The summed E-state index contributed by atoms with van der Waals surface area (Å²) in [7, 11) is -3.73. The highest BCUT2D eigenvalue weighted by Gasteiger charge is 2.27. The van der Waals surface area contributed by atoms with Crippen LogP contribution in [-0.4, -0.2) is 43.7 Å². The Balaban J connectivity index is 1.66. The fraction of sp³-hybridized carbons (Fsp3) is 0.391. The van der Waals surface area contributed by atoms with Crippen LogP contribution >= 0.6 is 11.6 Å². The highest BCUT2D eigenvalue weighted by molar-refractivity contribution is 7.89. The summed E-state index contributed by atoms with van der Waals surface area (Å²) in [6.45, 7) is 6.28. The zero-order chi connectivity index (χ0) is 24.2. The molecule has 2 aromatic rings. The summed E-state index contributed by atoms with van der Waals surface area (Å²) in [5, 5.41) is 0.0685. The van der Waals surface area contributed by atoms with Crippen LogP contribution in [0.25, 0.3) is 0 Å². The first kappa shape index (κ1) is 25.0. The third kappa shape index (κ3) is 5.85. The van der Waals surface area contributed by atoms with Crippen molar-refractivity contribution in [3.8, 4) is 5.75 Å². The van der Waals surface area contributed by atoms with Crippen LogP contribution in [-0.2, 0) is 14.8 Å². The molecule has 1 fully saturated rings. The molecular formula is C23H28ClN3O5S. The van der Waals surface area contributed by atoms with Crippen LogP contribution in [0.2, 0.25) is 5.02 Å². The number of hydrogen-bond acceptors (Lipinski definition) is 5. The summed E-state index contributed by atoms with van der Waals surface area (Å²) in [6.07, 6.45) is 1.71. The van der Waals surface area contributed by atoms with Crippen molar-refractivity contribution in [2.24, 2.45) is 0 Å². The van der Waals surface area contributed by atoms with Gasteiger partial charge >= 0.3 is 0 Å². The molecule has 0 bridgehead atoms. The van der Waals surface area contributed by atoms with Gasteiger partial charge in [0, 0.05) is 13.1 Å². The second-order valence-corrected chi connectivity index (χ2v) is 10.4. The second kappa shape index (κ2) is 10.5.